The lowest BCUT2D eigenvalue weighted by Crippen LogP contribution is -2.47. The second kappa shape index (κ2) is 9.77. The summed E-state index contributed by atoms with van der Waals surface area (Å²) in [7, 11) is 0. The van der Waals surface area contributed by atoms with Crippen LogP contribution in [0.1, 0.15) is 51.0 Å². The summed E-state index contributed by atoms with van der Waals surface area (Å²) in [6.07, 6.45) is -3.58. The van der Waals surface area contributed by atoms with Crippen molar-refractivity contribution >= 4 is 17.4 Å². The lowest BCUT2D eigenvalue weighted by atomic mass is 10.1. The standard InChI is InChI=1S/C23H29F3N4O2/c1-15-20(17(3)31)16(2)28-21(15)22(32)27-8-5-9-29-10-12-30(13-11-29)19-7-4-6-18(14-19)23(24,25)26/h4,6-7,14,28H,5,8-13H2,1-3H3,(H,27,32). The Hall–Kier alpha value is -2.81. The topological polar surface area (TPSA) is 68.4 Å². The van der Waals surface area contributed by atoms with Gasteiger partial charge in [-0.05, 0) is 57.5 Å². The van der Waals surface area contributed by atoms with Gasteiger partial charge in [0.2, 0.25) is 0 Å². The van der Waals surface area contributed by atoms with Crippen LogP contribution in [0, 0.1) is 13.8 Å². The second-order valence-electron chi connectivity index (χ2n) is 8.17. The van der Waals surface area contributed by atoms with Crippen molar-refractivity contribution in [3.63, 3.8) is 0 Å². The van der Waals surface area contributed by atoms with Crippen LogP contribution in [0.5, 0.6) is 0 Å². The van der Waals surface area contributed by atoms with Gasteiger partial charge in [-0.1, -0.05) is 6.07 Å². The van der Waals surface area contributed by atoms with Gasteiger partial charge in [0.1, 0.15) is 5.69 Å². The van der Waals surface area contributed by atoms with Crippen molar-refractivity contribution in [1.29, 1.82) is 0 Å². The predicted molar refractivity (Wildman–Crippen MR) is 117 cm³/mol. The van der Waals surface area contributed by atoms with E-state index in [1.54, 1.807) is 19.9 Å². The molecule has 0 unspecified atom stereocenters. The van der Waals surface area contributed by atoms with Gasteiger partial charge in [0.15, 0.2) is 5.78 Å². The summed E-state index contributed by atoms with van der Waals surface area (Å²) in [6.45, 7) is 9.13. The smallest absolute Gasteiger partial charge is 0.369 e. The summed E-state index contributed by atoms with van der Waals surface area (Å²) in [6, 6.07) is 5.44. The van der Waals surface area contributed by atoms with Gasteiger partial charge < -0.3 is 15.2 Å². The van der Waals surface area contributed by atoms with Gasteiger partial charge in [-0.15, -0.1) is 0 Å². The molecular formula is C23H29F3N4O2. The van der Waals surface area contributed by atoms with Gasteiger partial charge in [0.25, 0.3) is 5.91 Å². The van der Waals surface area contributed by atoms with Gasteiger partial charge in [-0.3, -0.25) is 14.5 Å². The van der Waals surface area contributed by atoms with Crippen LogP contribution in [0.2, 0.25) is 0 Å². The molecule has 0 atom stereocenters. The Kier molecular flexibility index (Phi) is 7.28. The fourth-order valence-corrected chi connectivity index (χ4v) is 4.21. The van der Waals surface area contributed by atoms with Crippen LogP contribution in [-0.4, -0.2) is 60.8 Å². The summed E-state index contributed by atoms with van der Waals surface area (Å²) in [4.78, 5) is 31.4. The summed E-state index contributed by atoms with van der Waals surface area (Å²) >= 11 is 0. The Balaban J connectivity index is 1.43. The molecule has 2 aromatic rings. The third-order valence-electron chi connectivity index (χ3n) is 5.86. The molecule has 0 spiro atoms. The molecule has 1 aliphatic heterocycles. The highest BCUT2D eigenvalue weighted by Crippen LogP contribution is 2.31. The molecule has 1 saturated heterocycles. The molecule has 2 heterocycles. The number of carbonyl (C=O) groups is 2. The van der Waals surface area contributed by atoms with E-state index in [9.17, 15) is 22.8 Å². The number of anilines is 1. The first-order valence-electron chi connectivity index (χ1n) is 10.7. The Morgan fingerprint density at radius 1 is 1.12 bits per heavy atom. The molecule has 0 bridgehead atoms. The van der Waals surface area contributed by atoms with Crippen LogP contribution in [0.3, 0.4) is 0 Å². The van der Waals surface area contributed by atoms with E-state index in [0.717, 1.165) is 32.1 Å². The van der Waals surface area contributed by atoms with Crippen molar-refractivity contribution in [3.8, 4) is 0 Å². The molecule has 32 heavy (non-hydrogen) atoms. The highest BCUT2D eigenvalue weighted by atomic mass is 19.4. The van der Waals surface area contributed by atoms with E-state index < -0.39 is 11.7 Å². The van der Waals surface area contributed by atoms with Crippen molar-refractivity contribution in [1.82, 2.24) is 15.2 Å². The number of Topliss-reactive ketones (excluding diaryl/α,β-unsaturated/α-hetero) is 1. The van der Waals surface area contributed by atoms with Crippen molar-refractivity contribution in [2.75, 3.05) is 44.2 Å². The van der Waals surface area contributed by atoms with E-state index in [4.69, 9.17) is 0 Å². The molecule has 1 amide bonds. The van der Waals surface area contributed by atoms with Crippen LogP contribution < -0.4 is 10.2 Å². The number of halogens is 3. The summed E-state index contributed by atoms with van der Waals surface area (Å²) in [5.41, 5.74) is 2.30. The molecule has 3 rings (SSSR count). The number of alkyl halides is 3. The average molecular weight is 451 g/mol. The second-order valence-corrected chi connectivity index (χ2v) is 8.17. The number of benzene rings is 1. The Bertz CT molecular complexity index is 976. The highest BCUT2D eigenvalue weighted by molar-refractivity contribution is 6.02. The first kappa shape index (κ1) is 23.8. The minimum Gasteiger partial charge on any atom is -0.369 e. The summed E-state index contributed by atoms with van der Waals surface area (Å²) < 4.78 is 38.8. The Morgan fingerprint density at radius 2 is 1.81 bits per heavy atom. The van der Waals surface area contributed by atoms with Gasteiger partial charge in [-0.2, -0.15) is 13.2 Å². The van der Waals surface area contributed by atoms with Gasteiger partial charge in [0.05, 0.1) is 5.56 Å². The van der Waals surface area contributed by atoms with Crippen LogP contribution >= 0.6 is 0 Å². The van der Waals surface area contributed by atoms with E-state index >= 15 is 0 Å². The lowest BCUT2D eigenvalue weighted by molar-refractivity contribution is -0.137. The van der Waals surface area contributed by atoms with E-state index in [2.05, 4.69) is 15.2 Å². The average Bonchev–Trinajstić information content (AvgIpc) is 3.05. The van der Waals surface area contributed by atoms with E-state index in [0.29, 0.717) is 47.8 Å². The third kappa shape index (κ3) is 5.51. The lowest BCUT2D eigenvalue weighted by Gasteiger charge is -2.36. The minimum atomic E-state index is -4.34. The number of aromatic amines is 1. The van der Waals surface area contributed by atoms with E-state index in [1.807, 2.05) is 4.90 Å². The Morgan fingerprint density at radius 3 is 2.41 bits per heavy atom. The molecule has 1 aliphatic rings. The van der Waals surface area contributed by atoms with Crippen molar-refractivity contribution in [2.45, 2.75) is 33.4 Å². The van der Waals surface area contributed by atoms with Crippen molar-refractivity contribution in [2.24, 2.45) is 0 Å². The fraction of sp³-hybridized carbons (Fsp3) is 0.478. The minimum absolute atomic E-state index is 0.0698. The van der Waals surface area contributed by atoms with Crippen LogP contribution in [0.4, 0.5) is 18.9 Å². The maximum Gasteiger partial charge on any atom is 0.416 e. The third-order valence-corrected chi connectivity index (χ3v) is 5.86. The molecule has 9 heteroatoms. The number of ketones is 1. The van der Waals surface area contributed by atoms with E-state index in [-0.39, 0.29) is 11.7 Å². The van der Waals surface area contributed by atoms with Crippen LogP contribution in [0.15, 0.2) is 24.3 Å². The number of piperazine rings is 1. The zero-order valence-corrected chi connectivity index (χ0v) is 18.6. The number of aromatic nitrogens is 1. The van der Waals surface area contributed by atoms with Gasteiger partial charge >= 0.3 is 6.18 Å². The maximum atomic E-state index is 12.9. The zero-order valence-electron chi connectivity index (χ0n) is 18.6. The number of carbonyl (C=O) groups excluding carboxylic acids is 2. The first-order chi connectivity index (χ1) is 15.1. The summed E-state index contributed by atoms with van der Waals surface area (Å²) in [5, 5.41) is 2.89. The van der Waals surface area contributed by atoms with Crippen LogP contribution in [0.25, 0.3) is 0 Å². The largest absolute Gasteiger partial charge is 0.416 e. The normalized spacial score (nSPS) is 15.1. The zero-order chi connectivity index (χ0) is 23.5. The summed E-state index contributed by atoms with van der Waals surface area (Å²) in [5.74, 6) is -0.299. The van der Waals surface area contributed by atoms with Gasteiger partial charge in [0, 0.05) is 49.7 Å². The Labute approximate surface area is 185 Å². The number of aryl methyl sites for hydroxylation is 1. The molecule has 1 fully saturated rings. The first-order valence-corrected chi connectivity index (χ1v) is 10.7. The number of H-pyrrole nitrogens is 1. The van der Waals surface area contributed by atoms with Crippen LogP contribution in [-0.2, 0) is 6.18 Å². The van der Waals surface area contributed by atoms with Crippen molar-refractivity contribution in [3.05, 3.63) is 52.3 Å². The SMILES string of the molecule is CC(=O)c1c(C)[nH]c(C(=O)NCCCN2CCN(c3cccc(C(F)(F)F)c3)CC2)c1C. The molecular weight excluding hydrogens is 421 g/mol. The quantitative estimate of drug-likeness (QED) is 0.498. The number of nitrogens with one attached hydrogen (secondary N) is 2. The molecule has 2 N–H and O–H groups in total. The number of rotatable bonds is 7. The molecule has 1 aromatic carbocycles. The maximum absolute atomic E-state index is 12.9. The number of hydrogen-bond acceptors (Lipinski definition) is 4. The number of hydrogen-bond donors (Lipinski definition) is 2. The highest BCUT2D eigenvalue weighted by Gasteiger charge is 2.31. The molecule has 0 radical (unpaired) electrons. The molecule has 0 saturated carbocycles. The molecule has 1 aromatic heterocycles. The van der Waals surface area contributed by atoms with E-state index in [1.165, 1.54) is 19.1 Å². The number of nitrogens with zero attached hydrogens (tertiary/aromatic N) is 2. The number of amides is 1. The fourth-order valence-electron chi connectivity index (χ4n) is 4.21. The monoisotopic (exact) mass is 450 g/mol. The van der Waals surface area contributed by atoms with Crippen molar-refractivity contribution < 1.29 is 22.8 Å². The molecule has 6 nitrogen and oxygen atoms in total. The molecule has 174 valence electrons. The molecule has 0 aliphatic carbocycles. The van der Waals surface area contributed by atoms with Gasteiger partial charge in [-0.25, -0.2) is 0 Å². The predicted octanol–water partition coefficient (Wildman–Crippen LogP) is 3.80.